The molecular formula is C16H22N4O2S. The number of hydrogen-bond acceptors (Lipinski definition) is 4. The van der Waals surface area contributed by atoms with E-state index >= 15 is 0 Å². The third kappa shape index (κ3) is 3.61. The van der Waals surface area contributed by atoms with Gasteiger partial charge >= 0.3 is 0 Å². The molecule has 3 rings (SSSR count). The van der Waals surface area contributed by atoms with Gasteiger partial charge in [-0.1, -0.05) is 0 Å². The quantitative estimate of drug-likeness (QED) is 0.837. The summed E-state index contributed by atoms with van der Waals surface area (Å²) in [4.78, 5) is 8.54. The first-order chi connectivity index (χ1) is 11.1. The molecule has 1 atom stereocenters. The van der Waals surface area contributed by atoms with Gasteiger partial charge in [0.2, 0.25) is 10.0 Å². The molecular weight excluding hydrogens is 312 g/mol. The van der Waals surface area contributed by atoms with Crippen LogP contribution >= 0.6 is 0 Å². The third-order valence-corrected chi connectivity index (χ3v) is 6.21. The zero-order valence-corrected chi connectivity index (χ0v) is 14.1. The Kier molecular flexibility index (Phi) is 4.77. The van der Waals surface area contributed by atoms with Gasteiger partial charge in [0.25, 0.3) is 0 Å². The van der Waals surface area contributed by atoms with Crippen LogP contribution in [0.5, 0.6) is 0 Å². The largest absolute Gasteiger partial charge is 0.330 e. The number of pyridine rings is 1. The predicted molar refractivity (Wildman–Crippen MR) is 88.6 cm³/mol. The summed E-state index contributed by atoms with van der Waals surface area (Å²) in [6.45, 7) is 3.58. The van der Waals surface area contributed by atoms with Gasteiger partial charge in [-0.3, -0.25) is 4.98 Å². The van der Waals surface area contributed by atoms with Crippen LogP contribution in [0.2, 0.25) is 0 Å². The van der Waals surface area contributed by atoms with Gasteiger partial charge in [-0.15, -0.1) is 0 Å². The first kappa shape index (κ1) is 16.1. The highest BCUT2D eigenvalue weighted by Gasteiger charge is 2.30. The van der Waals surface area contributed by atoms with Gasteiger partial charge in [-0.25, -0.2) is 17.7 Å². The minimum absolute atomic E-state index is 0.155. The molecule has 0 radical (unpaired) electrons. The van der Waals surface area contributed by atoms with Crippen molar-refractivity contribution in [3.8, 4) is 0 Å². The highest BCUT2D eigenvalue weighted by molar-refractivity contribution is 7.89. The standard InChI is InChI=1S/C16H22N4O2S/c1-2-23(21,22)20-10-3-4-15(13-20)16-18-9-11-19(16)12-14-5-7-17-8-6-14/h5-9,11,15H,2-4,10,12-13H2,1H3/t15-/m0/s1. The van der Waals surface area contributed by atoms with E-state index in [-0.39, 0.29) is 11.7 Å². The molecule has 1 saturated heterocycles. The lowest BCUT2D eigenvalue weighted by Gasteiger charge is -2.31. The fourth-order valence-corrected chi connectivity index (χ4v) is 4.27. The molecule has 7 heteroatoms. The molecule has 1 aliphatic heterocycles. The molecule has 0 bridgehead atoms. The maximum atomic E-state index is 12.1. The number of aromatic nitrogens is 3. The number of nitrogens with zero attached hydrogens (tertiary/aromatic N) is 4. The summed E-state index contributed by atoms with van der Waals surface area (Å²) in [6.07, 6.45) is 9.17. The molecule has 3 heterocycles. The lowest BCUT2D eigenvalue weighted by atomic mass is 9.98. The van der Waals surface area contributed by atoms with Gasteiger partial charge in [0.1, 0.15) is 5.82 Å². The number of hydrogen-bond donors (Lipinski definition) is 0. The van der Waals surface area contributed by atoms with Crippen LogP contribution in [0.15, 0.2) is 36.9 Å². The Bertz CT molecular complexity index is 742. The second-order valence-electron chi connectivity index (χ2n) is 5.87. The van der Waals surface area contributed by atoms with Crippen LogP contribution in [0.3, 0.4) is 0 Å². The average molecular weight is 334 g/mol. The van der Waals surface area contributed by atoms with Gasteiger partial charge in [0.15, 0.2) is 0 Å². The SMILES string of the molecule is CCS(=O)(=O)N1CCC[C@H](c2nccn2Cc2ccncc2)C1. The fraction of sp³-hybridized carbons (Fsp3) is 0.500. The van der Waals surface area contributed by atoms with E-state index in [2.05, 4.69) is 14.5 Å². The van der Waals surface area contributed by atoms with Crippen LogP contribution in [0.25, 0.3) is 0 Å². The van der Waals surface area contributed by atoms with Gasteiger partial charge in [0.05, 0.1) is 5.75 Å². The van der Waals surface area contributed by atoms with Gasteiger partial charge < -0.3 is 4.57 Å². The summed E-state index contributed by atoms with van der Waals surface area (Å²) in [7, 11) is -3.13. The number of rotatable bonds is 5. The Labute approximate surface area is 137 Å². The van der Waals surface area contributed by atoms with Crippen LogP contribution in [0.4, 0.5) is 0 Å². The molecule has 124 valence electrons. The molecule has 0 unspecified atom stereocenters. The smallest absolute Gasteiger partial charge is 0.213 e. The van der Waals surface area contributed by atoms with Crippen LogP contribution in [0.1, 0.15) is 37.1 Å². The Morgan fingerprint density at radius 2 is 2.04 bits per heavy atom. The molecule has 1 aliphatic rings. The van der Waals surface area contributed by atoms with E-state index in [1.54, 1.807) is 29.8 Å². The van der Waals surface area contributed by atoms with Crippen LogP contribution in [-0.4, -0.2) is 46.1 Å². The summed E-state index contributed by atoms with van der Waals surface area (Å²) in [6, 6.07) is 3.97. The van der Waals surface area contributed by atoms with E-state index in [1.807, 2.05) is 18.3 Å². The van der Waals surface area contributed by atoms with Crippen molar-refractivity contribution >= 4 is 10.0 Å². The van der Waals surface area contributed by atoms with Crippen molar-refractivity contribution in [2.24, 2.45) is 0 Å². The molecule has 0 aliphatic carbocycles. The van der Waals surface area contributed by atoms with E-state index in [4.69, 9.17) is 0 Å². The summed E-state index contributed by atoms with van der Waals surface area (Å²) in [5.41, 5.74) is 1.16. The lowest BCUT2D eigenvalue weighted by molar-refractivity contribution is 0.306. The van der Waals surface area contributed by atoms with Crippen molar-refractivity contribution in [3.05, 3.63) is 48.3 Å². The molecule has 0 aromatic carbocycles. The third-order valence-electron chi connectivity index (χ3n) is 4.36. The van der Waals surface area contributed by atoms with E-state index < -0.39 is 10.0 Å². The van der Waals surface area contributed by atoms with Crippen molar-refractivity contribution in [2.75, 3.05) is 18.8 Å². The molecule has 0 spiro atoms. The van der Waals surface area contributed by atoms with Gasteiger partial charge in [-0.05, 0) is 37.5 Å². The molecule has 0 amide bonds. The maximum absolute atomic E-state index is 12.1. The second-order valence-corrected chi connectivity index (χ2v) is 8.12. The van der Waals surface area contributed by atoms with Crippen molar-refractivity contribution in [2.45, 2.75) is 32.2 Å². The van der Waals surface area contributed by atoms with Gasteiger partial charge in [-0.2, -0.15) is 0 Å². The molecule has 6 nitrogen and oxygen atoms in total. The summed E-state index contributed by atoms with van der Waals surface area (Å²) < 4.78 is 28.0. The highest BCUT2D eigenvalue weighted by atomic mass is 32.2. The van der Waals surface area contributed by atoms with E-state index in [0.717, 1.165) is 30.8 Å². The minimum atomic E-state index is -3.13. The summed E-state index contributed by atoms with van der Waals surface area (Å²) in [5.74, 6) is 1.28. The predicted octanol–water partition coefficient (Wildman–Crippen LogP) is 1.86. The molecule has 0 saturated carbocycles. The van der Waals surface area contributed by atoms with Crippen molar-refractivity contribution in [3.63, 3.8) is 0 Å². The Morgan fingerprint density at radius 1 is 1.26 bits per heavy atom. The normalized spacial score (nSPS) is 19.8. The van der Waals surface area contributed by atoms with Crippen molar-refractivity contribution < 1.29 is 8.42 Å². The highest BCUT2D eigenvalue weighted by Crippen LogP contribution is 2.27. The first-order valence-corrected chi connectivity index (χ1v) is 9.59. The lowest BCUT2D eigenvalue weighted by Crippen LogP contribution is -2.40. The summed E-state index contributed by atoms with van der Waals surface area (Å²) >= 11 is 0. The number of sulfonamides is 1. The Morgan fingerprint density at radius 3 is 2.78 bits per heavy atom. The van der Waals surface area contributed by atoms with Crippen molar-refractivity contribution in [1.29, 1.82) is 0 Å². The average Bonchev–Trinajstić information content (AvgIpc) is 3.04. The molecule has 1 fully saturated rings. The molecule has 2 aromatic heterocycles. The number of imidazole rings is 1. The van der Waals surface area contributed by atoms with Crippen LogP contribution in [-0.2, 0) is 16.6 Å². The molecule has 0 N–H and O–H groups in total. The zero-order chi connectivity index (χ0) is 16.3. The number of piperidine rings is 1. The molecule has 2 aromatic rings. The van der Waals surface area contributed by atoms with E-state index in [9.17, 15) is 8.42 Å². The van der Waals surface area contributed by atoms with Crippen molar-refractivity contribution in [1.82, 2.24) is 18.8 Å². The summed E-state index contributed by atoms with van der Waals surface area (Å²) in [5, 5.41) is 0. The van der Waals surface area contributed by atoms with Crippen LogP contribution in [0, 0.1) is 0 Å². The van der Waals surface area contributed by atoms with Crippen LogP contribution < -0.4 is 0 Å². The molecule has 23 heavy (non-hydrogen) atoms. The Hall–Kier alpha value is -1.73. The monoisotopic (exact) mass is 334 g/mol. The topological polar surface area (TPSA) is 68.1 Å². The minimum Gasteiger partial charge on any atom is -0.330 e. The second kappa shape index (κ2) is 6.80. The fourth-order valence-electron chi connectivity index (χ4n) is 3.09. The Balaban J connectivity index is 1.78. The van der Waals surface area contributed by atoms with E-state index in [1.165, 1.54) is 0 Å². The van der Waals surface area contributed by atoms with Gasteiger partial charge in [0, 0.05) is 50.3 Å². The maximum Gasteiger partial charge on any atom is 0.213 e. The van der Waals surface area contributed by atoms with E-state index in [0.29, 0.717) is 13.1 Å². The first-order valence-electron chi connectivity index (χ1n) is 7.98. The zero-order valence-electron chi connectivity index (χ0n) is 13.3.